The van der Waals surface area contributed by atoms with Gasteiger partial charge in [-0.2, -0.15) is 0 Å². The number of aryl methyl sites for hydroxylation is 2. The topological polar surface area (TPSA) is 62.2 Å². The van der Waals surface area contributed by atoms with E-state index in [2.05, 4.69) is 18.8 Å². The third-order valence-electron chi connectivity index (χ3n) is 3.14. The van der Waals surface area contributed by atoms with Crippen LogP contribution in [0.5, 0.6) is 5.75 Å². The predicted molar refractivity (Wildman–Crippen MR) is 81.0 cm³/mol. The van der Waals surface area contributed by atoms with Gasteiger partial charge in [0, 0.05) is 16.3 Å². The van der Waals surface area contributed by atoms with Crippen LogP contribution in [0.4, 0.5) is 0 Å². The van der Waals surface area contributed by atoms with E-state index in [1.807, 2.05) is 12.1 Å². The summed E-state index contributed by atoms with van der Waals surface area (Å²) < 4.78 is 27.3. The second-order valence-electron chi connectivity index (χ2n) is 4.66. The van der Waals surface area contributed by atoms with E-state index in [4.69, 9.17) is 4.74 Å². The minimum Gasteiger partial charge on any atom is -0.768 e. The fourth-order valence-corrected chi connectivity index (χ4v) is 2.34. The van der Waals surface area contributed by atoms with Crippen LogP contribution in [0.1, 0.15) is 30.8 Å². The molecule has 0 saturated carbocycles. The van der Waals surface area contributed by atoms with Crippen LogP contribution in [0.3, 0.4) is 0 Å². The van der Waals surface area contributed by atoms with E-state index in [-0.39, 0.29) is 4.90 Å². The summed E-state index contributed by atoms with van der Waals surface area (Å²) >= 11 is -2.20. The van der Waals surface area contributed by atoms with Crippen LogP contribution in [-0.4, -0.2) is 13.7 Å². The molecule has 0 aliphatic carbocycles. The van der Waals surface area contributed by atoms with Gasteiger partial charge in [0.15, 0.2) is 0 Å². The number of benzene rings is 1. The monoisotopic (exact) mass is 304 g/mol. The van der Waals surface area contributed by atoms with Gasteiger partial charge in [-0.3, -0.25) is 9.19 Å². The molecule has 0 amide bonds. The molecule has 0 aliphatic heterocycles. The molecule has 1 unspecified atom stereocenters. The number of ether oxygens (including phenoxy) is 1. The van der Waals surface area contributed by atoms with E-state index in [0.717, 1.165) is 29.8 Å². The maximum absolute atomic E-state index is 10.8. The van der Waals surface area contributed by atoms with Gasteiger partial charge in [0.1, 0.15) is 12.4 Å². The number of pyridine rings is 1. The average molecular weight is 304 g/mol. The Balaban J connectivity index is 2.06. The number of aromatic nitrogens is 1. The Hall–Kier alpha value is -1.72. The third kappa shape index (κ3) is 4.37. The Kier molecular flexibility index (Phi) is 5.47. The Morgan fingerprint density at radius 1 is 1.10 bits per heavy atom. The lowest BCUT2D eigenvalue weighted by atomic mass is 10.1. The van der Waals surface area contributed by atoms with Gasteiger partial charge >= 0.3 is 0 Å². The van der Waals surface area contributed by atoms with Crippen molar-refractivity contribution in [1.29, 1.82) is 0 Å². The van der Waals surface area contributed by atoms with Crippen LogP contribution in [-0.2, 0) is 30.5 Å². The molecule has 2 rings (SSSR count). The summed E-state index contributed by atoms with van der Waals surface area (Å²) in [6.45, 7) is 4.60. The summed E-state index contributed by atoms with van der Waals surface area (Å²) in [6.07, 6.45) is 1.79. The molecule has 0 aliphatic rings. The quantitative estimate of drug-likeness (QED) is 0.770. The molecule has 1 heterocycles. The lowest BCUT2D eigenvalue weighted by Gasteiger charge is -2.10. The lowest BCUT2D eigenvalue weighted by molar-refractivity contribution is 0.305. The molecule has 4 nitrogen and oxygen atoms in total. The van der Waals surface area contributed by atoms with Gasteiger partial charge in [-0.15, -0.1) is 0 Å². The second-order valence-corrected chi connectivity index (χ2v) is 5.60. The second kappa shape index (κ2) is 7.33. The summed E-state index contributed by atoms with van der Waals surface area (Å²) in [5.41, 5.74) is 3.20. The molecule has 5 heteroatoms. The van der Waals surface area contributed by atoms with Gasteiger partial charge in [0.25, 0.3) is 0 Å². The van der Waals surface area contributed by atoms with Crippen molar-refractivity contribution in [3.05, 3.63) is 53.3 Å². The van der Waals surface area contributed by atoms with Crippen LogP contribution >= 0.6 is 0 Å². The van der Waals surface area contributed by atoms with Crippen LogP contribution < -0.4 is 4.74 Å². The summed E-state index contributed by atoms with van der Waals surface area (Å²) in [5.74, 6) is 0.650. The Morgan fingerprint density at radius 2 is 1.67 bits per heavy atom. The van der Waals surface area contributed by atoms with Crippen molar-refractivity contribution >= 4 is 11.1 Å². The molecule has 1 aromatic heterocycles. The van der Waals surface area contributed by atoms with E-state index >= 15 is 0 Å². The number of rotatable bonds is 6. The summed E-state index contributed by atoms with van der Waals surface area (Å²) in [7, 11) is 0. The first kappa shape index (κ1) is 15.7. The van der Waals surface area contributed by atoms with E-state index in [1.54, 1.807) is 12.1 Å². The minimum atomic E-state index is -2.20. The van der Waals surface area contributed by atoms with Gasteiger partial charge < -0.3 is 9.29 Å². The maximum Gasteiger partial charge on any atom is 0.119 e. The van der Waals surface area contributed by atoms with Crippen LogP contribution in [0.2, 0.25) is 0 Å². The molecule has 21 heavy (non-hydrogen) atoms. The first-order valence-electron chi connectivity index (χ1n) is 6.93. The molecular formula is C16H18NO3S-. The fourth-order valence-electron chi connectivity index (χ4n) is 1.98. The zero-order valence-electron chi connectivity index (χ0n) is 12.2. The highest BCUT2D eigenvalue weighted by Crippen LogP contribution is 2.16. The highest BCUT2D eigenvalue weighted by molar-refractivity contribution is 7.79. The van der Waals surface area contributed by atoms with Gasteiger partial charge in [0.2, 0.25) is 0 Å². The Bertz CT molecular complexity index is 604. The van der Waals surface area contributed by atoms with Crippen LogP contribution in [0, 0.1) is 0 Å². The number of hydrogen-bond acceptors (Lipinski definition) is 4. The maximum atomic E-state index is 10.8. The largest absolute Gasteiger partial charge is 0.768 e. The molecule has 112 valence electrons. The van der Waals surface area contributed by atoms with Gasteiger partial charge in [0.05, 0.1) is 0 Å². The van der Waals surface area contributed by atoms with E-state index < -0.39 is 11.1 Å². The van der Waals surface area contributed by atoms with Gasteiger partial charge in [-0.1, -0.05) is 13.8 Å². The summed E-state index contributed by atoms with van der Waals surface area (Å²) in [5, 5.41) is 0. The SMILES string of the molecule is CCc1cc(COc2ccc(S(=O)[O-])cc2)cc(CC)n1. The molecule has 1 atom stereocenters. The average Bonchev–Trinajstić information content (AvgIpc) is 2.52. The molecule has 0 bridgehead atoms. The lowest BCUT2D eigenvalue weighted by Crippen LogP contribution is -2.01. The number of nitrogens with zero attached hydrogens (tertiary/aromatic N) is 1. The van der Waals surface area contributed by atoms with Crippen molar-refractivity contribution in [1.82, 2.24) is 4.98 Å². The van der Waals surface area contributed by atoms with Gasteiger partial charge in [-0.05, 0) is 65.9 Å². The van der Waals surface area contributed by atoms with Crippen molar-refractivity contribution in [3.63, 3.8) is 0 Å². The first-order chi connectivity index (χ1) is 10.1. The van der Waals surface area contributed by atoms with Crippen molar-refractivity contribution in [2.45, 2.75) is 38.2 Å². The molecular weight excluding hydrogens is 286 g/mol. The summed E-state index contributed by atoms with van der Waals surface area (Å²) in [6, 6.07) is 10.5. The first-order valence-corrected chi connectivity index (χ1v) is 8.00. The molecule has 1 aromatic carbocycles. The zero-order valence-corrected chi connectivity index (χ0v) is 13.0. The Labute approximate surface area is 127 Å². The summed E-state index contributed by atoms with van der Waals surface area (Å²) in [4.78, 5) is 4.79. The van der Waals surface area contributed by atoms with Crippen LogP contribution in [0.25, 0.3) is 0 Å². The Morgan fingerprint density at radius 3 is 2.14 bits per heavy atom. The highest BCUT2D eigenvalue weighted by Gasteiger charge is 2.02. The van der Waals surface area contributed by atoms with Crippen molar-refractivity contribution in [2.75, 3.05) is 0 Å². The highest BCUT2D eigenvalue weighted by atomic mass is 32.2. The van der Waals surface area contributed by atoms with Crippen LogP contribution in [0.15, 0.2) is 41.3 Å². The predicted octanol–water partition coefficient (Wildman–Crippen LogP) is 3.02. The zero-order chi connectivity index (χ0) is 15.2. The fraction of sp³-hybridized carbons (Fsp3) is 0.312. The smallest absolute Gasteiger partial charge is 0.119 e. The van der Waals surface area contributed by atoms with E-state index in [1.165, 1.54) is 12.1 Å². The molecule has 0 radical (unpaired) electrons. The van der Waals surface area contributed by atoms with Crippen molar-refractivity contribution in [3.8, 4) is 5.75 Å². The molecule has 0 N–H and O–H groups in total. The van der Waals surface area contributed by atoms with Crippen molar-refractivity contribution in [2.24, 2.45) is 0 Å². The molecule has 0 saturated heterocycles. The van der Waals surface area contributed by atoms with E-state index in [0.29, 0.717) is 12.4 Å². The molecule has 0 fully saturated rings. The van der Waals surface area contributed by atoms with E-state index in [9.17, 15) is 8.76 Å². The molecule has 2 aromatic rings. The number of hydrogen-bond donors (Lipinski definition) is 0. The minimum absolute atomic E-state index is 0.257. The van der Waals surface area contributed by atoms with Gasteiger partial charge in [-0.25, -0.2) is 0 Å². The molecule has 0 spiro atoms. The van der Waals surface area contributed by atoms with Crippen molar-refractivity contribution < 1.29 is 13.5 Å². The standard InChI is InChI=1S/C16H19NO3S/c1-3-13-9-12(10-14(4-2)17-13)11-20-15-5-7-16(8-6-15)21(18)19/h5-10H,3-4,11H2,1-2H3,(H,18,19)/p-1. The third-order valence-corrected chi connectivity index (χ3v) is 3.79. The normalized spacial score (nSPS) is 12.1.